The van der Waals surface area contributed by atoms with Gasteiger partial charge in [-0.25, -0.2) is 4.79 Å². The number of carbonyl (C=O) groups excluding carboxylic acids is 1. The zero-order valence-corrected chi connectivity index (χ0v) is 7.95. The van der Waals surface area contributed by atoms with E-state index < -0.39 is 0 Å². The van der Waals surface area contributed by atoms with Gasteiger partial charge in [0.1, 0.15) is 0 Å². The first-order valence-corrected chi connectivity index (χ1v) is 4.94. The second kappa shape index (κ2) is 3.54. The Morgan fingerprint density at radius 3 is 3.15 bits per heavy atom. The molecular weight excluding hydrogens is 168 g/mol. The SMILES string of the molecule is CCOC(=O)N1C[C@H]2CN[C@H](C2)C1. The number of fused-ring (bicyclic) bond motifs is 2. The van der Waals surface area contributed by atoms with Crippen LogP contribution >= 0.6 is 0 Å². The van der Waals surface area contributed by atoms with Gasteiger partial charge in [-0.3, -0.25) is 0 Å². The number of likely N-dealkylation sites (tertiary alicyclic amines) is 1. The van der Waals surface area contributed by atoms with Gasteiger partial charge in [0.2, 0.25) is 0 Å². The van der Waals surface area contributed by atoms with Crippen molar-refractivity contribution in [2.45, 2.75) is 19.4 Å². The maximum absolute atomic E-state index is 11.4. The Hall–Kier alpha value is -0.770. The molecule has 13 heavy (non-hydrogen) atoms. The van der Waals surface area contributed by atoms with E-state index in [2.05, 4.69) is 5.32 Å². The molecule has 2 bridgehead atoms. The fourth-order valence-corrected chi connectivity index (χ4v) is 2.20. The summed E-state index contributed by atoms with van der Waals surface area (Å²) >= 11 is 0. The highest BCUT2D eigenvalue weighted by atomic mass is 16.6. The average Bonchev–Trinajstić information content (AvgIpc) is 2.46. The van der Waals surface area contributed by atoms with Crippen LogP contribution < -0.4 is 5.32 Å². The lowest BCUT2D eigenvalue weighted by atomic mass is 10.0. The van der Waals surface area contributed by atoms with E-state index in [0.29, 0.717) is 18.6 Å². The van der Waals surface area contributed by atoms with Crippen LogP contribution in [-0.4, -0.2) is 43.3 Å². The van der Waals surface area contributed by atoms with Crippen molar-refractivity contribution in [3.8, 4) is 0 Å². The minimum absolute atomic E-state index is 0.152. The molecule has 0 unspecified atom stereocenters. The Kier molecular flexibility index (Phi) is 2.40. The number of hydrogen-bond acceptors (Lipinski definition) is 3. The molecule has 2 aliphatic rings. The summed E-state index contributed by atoms with van der Waals surface area (Å²) in [5.41, 5.74) is 0. The molecule has 2 aliphatic heterocycles. The molecule has 74 valence electrons. The number of nitrogens with one attached hydrogen (secondary N) is 1. The van der Waals surface area contributed by atoms with Gasteiger partial charge in [0, 0.05) is 25.7 Å². The second-order valence-corrected chi connectivity index (χ2v) is 3.81. The molecule has 0 radical (unpaired) electrons. The van der Waals surface area contributed by atoms with E-state index in [-0.39, 0.29) is 6.09 Å². The van der Waals surface area contributed by atoms with Crippen molar-refractivity contribution < 1.29 is 9.53 Å². The Morgan fingerprint density at radius 1 is 1.62 bits per heavy atom. The van der Waals surface area contributed by atoms with Crippen LogP contribution in [0.1, 0.15) is 13.3 Å². The van der Waals surface area contributed by atoms with Crippen molar-refractivity contribution in [3.63, 3.8) is 0 Å². The Balaban J connectivity index is 1.91. The largest absolute Gasteiger partial charge is 0.450 e. The molecule has 0 aromatic heterocycles. The normalized spacial score (nSPS) is 31.9. The van der Waals surface area contributed by atoms with Crippen molar-refractivity contribution in [1.29, 1.82) is 0 Å². The Morgan fingerprint density at radius 2 is 2.46 bits per heavy atom. The summed E-state index contributed by atoms with van der Waals surface area (Å²) < 4.78 is 4.96. The quantitative estimate of drug-likeness (QED) is 0.643. The number of amides is 1. The van der Waals surface area contributed by atoms with Gasteiger partial charge in [-0.1, -0.05) is 0 Å². The van der Waals surface area contributed by atoms with Crippen molar-refractivity contribution in [3.05, 3.63) is 0 Å². The molecule has 2 atom stereocenters. The van der Waals surface area contributed by atoms with E-state index in [9.17, 15) is 4.79 Å². The van der Waals surface area contributed by atoms with Crippen LogP contribution in [0.4, 0.5) is 4.79 Å². The summed E-state index contributed by atoms with van der Waals surface area (Å²) in [4.78, 5) is 13.2. The summed E-state index contributed by atoms with van der Waals surface area (Å²) in [6.07, 6.45) is 1.07. The molecule has 2 heterocycles. The lowest BCUT2D eigenvalue weighted by Crippen LogP contribution is -2.44. The predicted molar refractivity (Wildman–Crippen MR) is 48.5 cm³/mol. The lowest BCUT2D eigenvalue weighted by molar-refractivity contribution is 0.0924. The van der Waals surface area contributed by atoms with Gasteiger partial charge in [0.05, 0.1) is 6.61 Å². The van der Waals surface area contributed by atoms with Gasteiger partial charge in [-0.15, -0.1) is 0 Å². The predicted octanol–water partition coefficient (Wildman–Crippen LogP) is 0.437. The second-order valence-electron chi connectivity index (χ2n) is 3.81. The number of rotatable bonds is 1. The number of nitrogens with zero attached hydrogens (tertiary/aromatic N) is 1. The standard InChI is InChI=1S/C9H16N2O2/c1-2-13-9(12)11-5-7-3-8(6-11)10-4-7/h7-8,10H,2-6H2,1H3/t7-,8-/m1/s1. The van der Waals surface area contributed by atoms with E-state index in [1.807, 2.05) is 11.8 Å². The number of ether oxygens (including phenoxy) is 1. The molecule has 1 N–H and O–H groups in total. The highest BCUT2D eigenvalue weighted by Gasteiger charge is 2.34. The fourth-order valence-electron chi connectivity index (χ4n) is 2.20. The van der Waals surface area contributed by atoms with E-state index >= 15 is 0 Å². The number of carbonyl (C=O) groups is 1. The van der Waals surface area contributed by atoms with E-state index in [4.69, 9.17) is 4.74 Å². The monoisotopic (exact) mass is 184 g/mol. The van der Waals surface area contributed by atoms with Crippen LogP contribution in [0.3, 0.4) is 0 Å². The number of hydrogen-bond donors (Lipinski definition) is 1. The summed E-state index contributed by atoms with van der Waals surface area (Å²) in [5.74, 6) is 0.642. The van der Waals surface area contributed by atoms with Gasteiger partial charge in [-0.2, -0.15) is 0 Å². The number of piperidine rings is 1. The van der Waals surface area contributed by atoms with E-state index in [0.717, 1.165) is 19.6 Å². The molecule has 0 aromatic carbocycles. The highest BCUT2D eigenvalue weighted by Crippen LogP contribution is 2.22. The third-order valence-electron chi connectivity index (χ3n) is 2.76. The smallest absolute Gasteiger partial charge is 0.409 e. The van der Waals surface area contributed by atoms with Crippen LogP contribution in [-0.2, 0) is 4.74 Å². The summed E-state index contributed by atoms with van der Waals surface area (Å²) in [7, 11) is 0. The molecule has 0 aliphatic carbocycles. The minimum atomic E-state index is -0.152. The van der Waals surface area contributed by atoms with Gasteiger partial charge in [0.25, 0.3) is 0 Å². The molecule has 0 spiro atoms. The molecule has 4 nitrogen and oxygen atoms in total. The van der Waals surface area contributed by atoms with E-state index in [1.165, 1.54) is 6.42 Å². The van der Waals surface area contributed by atoms with Crippen LogP contribution in [0.15, 0.2) is 0 Å². The molecule has 2 fully saturated rings. The summed E-state index contributed by atoms with van der Waals surface area (Å²) in [6, 6.07) is 0.503. The van der Waals surface area contributed by atoms with Crippen molar-refractivity contribution in [2.75, 3.05) is 26.2 Å². The first kappa shape index (κ1) is 8.81. The minimum Gasteiger partial charge on any atom is -0.450 e. The zero-order chi connectivity index (χ0) is 9.26. The van der Waals surface area contributed by atoms with Gasteiger partial charge >= 0.3 is 6.09 Å². The maximum Gasteiger partial charge on any atom is 0.409 e. The molecular formula is C9H16N2O2. The van der Waals surface area contributed by atoms with Gasteiger partial charge < -0.3 is 15.0 Å². The van der Waals surface area contributed by atoms with Crippen molar-refractivity contribution >= 4 is 6.09 Å². The zero-order valence-electron chi connectivity index (χ0n) is 7.95. The first-order valence-electron chi connectivity index (χ1n) is 4.94. The topological polar surface area (TPSA) is 41.6 Å². The van der Waals surface area contributed by atoms with Crippen LogP contribution in [0.25, 0.3) is 0 Å². The van der Waals surface area contributed by atoms with Crippen LogP contribution in [0.5, 0.6) is 0 Å². The van der Waals surface area contributed by atoms with Crippen LogP contribution in [0, 0.1) is 5.92 Å². The fraction of sp³-hybridized carbons (Fsp3) is 0.889. The third-order valence-corrected chi connectivity index (χ3v) is 2.76. The maximum atomic E-state index is 11.4. The molecule has 0 saturated carbocycles. The van der Waals surface area contributed by atoms with Gasteiger partial charge in [0.15, 0.2) is 0 Å². The lowest BCUT2D eigenvalue weighted by Gasteiger charge is -2.30. The highest BCUT2D eigenvalue weighted by molar-refractivity contribution is 5.67. The van der Waals surface area contributed by atoms with Crippen molar-refractivity contribution in [2.24, 2.45) is 5.92 Å². The molecule has 2 rings (SSSR count). The molecule has 4 heteroatoms. The first-order chi connectivity index (χ1) is 6.29. The Bertz CT molecular complexity index is 196. The van der Waals surface area contributed by atoms with Gasteiger partial charge in [-0.05, 0) is 19.3 Å². The molecule has 0 aromatic rings. The summed E-state index contributed by atoms with van der Waals surface area (Å²) in [6.45, 7) is 5.05. The summed E-state index contributed by atoms with van der Waals surface area (Å²) in [5, 5.41) is 3.40. The van der Waals surface area contributed by atoms with E-state index in [1.54, 1.807) is 0 Å². The molecule has 2 saturated heterocycles. The van der Waals surface area contributed by atoms with Crippen molar-refractivity contribution in [1.82, 2.24) is 10.2 Å². The average molecular weight is 184 g/mol. The third kappa shape index (κ3) is 1.77. The van der Waals surface area contributed by atoms with Crippen LogP contribution in [0.2, 0.25) is 0 Å². The molecule has 1 amide bonds. The Labute approximate surface area is 78.2 Å².